The molecule has 2 aliphatic rings. The number of nitrogens with zero attached hydrogens (tertiary/aromatic N) is 6. The van der Waals surface area contributed by atoms with Gasteiger partial charge in [0.1, 0.15) is 5.82 Å². The lowest BCUT2D eigenvalue weighted by atomic mass is 9.96. The van der Waals surface area contributed by atoms with Gasteiger partial charge in [-0.25, -0.2) is 0 Å². The fourth-order valence-corrected chi connectivity index (χ4v) is 3.37. The average Bonchev–Trinajstić information content (AvgIpc) is 3.36. The van der Waals surface area contributed by atoms with Crippen LogP contribution in [0.2, 0.25) is 0 Å². The van der Waals surface area contributed by atoms with Gasteiger partial charge in [-0.2, -0.15) is 4.52 Å². The zero-order valence-electron chi connectivity index (χ0n) is 15.3. The Bertz CT molecular complexity index is 788. The largest absolute Gasteiger partial charge is 0.353 e. The maximum absolute atomic E-state index is 12.3. The fourth-order valence-electron chi connectivity index (χ4n) is 3.37. The van der Waals surface area contributed by atoms with Crippen molar-refractivity contribution in [2.45, 2.75) is 45.4 Å². The molecule has 0 N–H and O–H groups in total. The smallest absolute Gasteiger partial charge is 0.225 e. The van der Waals surface area contributed by atoms with E-state index in [2.05, 4.69) is 35.9 Å². The van der Waals surface area contributed by atoms with Crippen molar-refractivity contribution in [3.63, 3.8) is 0 Å². The van der Waals surface area contributed by atoms with E-state index in [0.29, 0.717) is 11.8 Å². The molecule has 0 spiro atoms. The van der Waals surface area contributed by atoms with Crippen molar-refractivity contribution in [3.8, 4) is 0 Å². The number of anilines is 1. The van der Waals surface area contributed by atoms with E-state index in [1.165, 1.54) is 0 Å². The summed E-state index contributed by atoms with van der Waals surface area (Å²) in [5.41, 5.74) is 0.658. The van der Waals surface area contributed by atoms with Gasteiger partial charge in [0.05, 0.1) is 0 Å². The van der Waals surface area contributed by atoms with Crippen molar-refractivity contribution in [1.82, 2.24) is 24.7 Å². The first-order valence-electron chi connectivity index (χ1n) is 9.20. The molecule has 7 nitrogen and oxygen atoms in total. The summed E-state index contributed by atoms with van der Waals surface area (Å²) < 4.78 is 1.85. The van der Waals surface area contributed by atoms with Gasteiger partial charge in [0.15, 0.2) is 11.5 Å². The zero-order chi connectivity index (χ0) is 17.6. The van der Waals surface area contributed by atoms with Crippen molar-refractivity contribution in [3.05, 3.63) is 18.0 Å². The number of hydrogen-bond donors (Lipinski definition) is 0. The minimum absolute atomic E-state index is 0.114. The second-order valence-corrected chi connectivity index (χ2v) is 8.18. The first-order chi connectivity index (χ1) is 11.9. The van der Waals surface area contributed by atoms with Crippen LogP contribution in [-0.2, 0) is 10.2 Å². The second kappa shape index (κ2) is 5.97. The SMILES string of the molecule is CC(C)(C)c1nnc2ccc(N3CCCN(C(=O)C4CC4)CC3)nn12. The van der Waals surface area contributed by atoms with Crippen LogP contribution in [0, 0.1) is 5.92 Å². The van der Waals surface area contributed by atoms with E-state index >= 15 is 0 Å². The molecule has 1 amide bonds. The Hall–Kier alpha value is -2.18. The maximum atomic E-state index is 12.3. The molecule has 2 aromatic rings. The third kappa shape index (κ3) is 3.19. The highest BCUT2D eigenvalue weighted by Crippen LogP contribution is 2.31. The first-order valence-corrected chi connectivity index (χ1v) is 9.20. The van der Waals surface area contributed by atoms with Crippen LogP contribution in [0.3, 0.4) is 0 Å². The van der Waals surface area contributed by atoms with Gasteiger partial charge >= 0.3 is 0 Å². The lowest BCUT2D eigenvalue weighted by Gasteiger charge is -2.23. The highest BCUT2D eigenvalue weighted by atomic mass is 16.2. The van der Waals surface area contributed by atoms with Gasteiger partial charge in [0, 0.05) is 37.5 Å². The number of fused-ring (bicyclic) bond motifs is 1. The minimum Gasteiger partial charge on any atom is -0.353 e. The highest BCUT2D eigenvalue weighted by Gasteiger charge is 2.34. The monoisotopic (exact) mass is 342 g/mol. The van der Waals surface area contributed by atoms with Crippen molar-refractivity contribution < 1.29 is 4.79 Å². The summed E-state index contributed by atoms with van der Waals surface area (Å²) in [5.74, 6) is 2.44. The molecule has 4 rings (SSSR count). The van der Waals surface area contributed by atoms with Gasteiger partial charge in [0.25, 0.3) is 0 Å². The van der Waals surface area contributed by atoms with Gasteiger partial charge < -0.3 is 9.80 Å². The van der Waals surface area contributed by atoms with Crippen LogP contribution < -0.4 is 4.90 Å². The van der Waals surface area contributed by atoms with E-state index in [0.717, 1.165) is 62.7 Å². The molecular formula is C18H26N6O. The lowest BCUT2D eigenvalue weighted by Crippen LogP contribution is -2.36. The van der Waals surface area contributed by atoms with E-state index in [-0.39, 0.29) is 5.41 Å². The number of rotatable bonds is 2. The molecular weight excluding hydrogens is 316 g/mol. The molecule has 134 valence electrons. The van der Waals surface area contributed by atoms with Crippen molar-refractivity contribution in [2.24, 2.45) is 5.92 Å². The average molecular weight is 342 g/mol. The second-order valence-electron chi connectivity index (χ2n) is 8.18. The molecule has 0 aromatic carbocycles. The normalized spacial score (nSPS) is 19.3. The molecule has 1 saturated heterocycles. The van der Waals surface area contributed by atoms with Crippen molar-refractivity contribution in [2.75, 3.05) is 31.1 Å². The van der Waals surface area contributed by atoms with E-state index in [9.17, 15) is 4.79 Å². The third-order valence-electron chi connectivity index (χ3n) is 4.98. The zero-order valence-corrected chi connectivity index (χ0v) is 15.3. The fraction of sp³-hybridized carbons (Fsp3) is 0.667. The molecule has 0 unspecified atom stereocenters. The summed E-state index contributed by atoms with van der Waals surface area (Å²) in [4.78, 5) is 16.6. The molecule has 0 bridgehead atoms. The van der Waals surface area contributed by atoms with Gasteiger partial charge in [-0.15, -0.1) is 15.3 Å². The first kappa shape index (κ1) is 16.3. The van der Waals surface area contributed by atoms with E-state index in [1.807, 2.05) is 21.5 Å². The summed E-state index contributed by atoms with van der Waals surface area (Å²) in [7, 11) is 0. The molecule has 0 atom stereocenters. The van der Waals surface area contributed by atoms with Crippen LogP contribution in [-0.4, -0.2) is 56.8 Å². The van der Waals surface area contributed by atoms with Crippen LogP contribution in [0.25, 0.3) is 5.65 Å². The molecule has 7 heteroatoms. The van der Waals surface area contributed by atoms with Crippen molar-refractivity contribution in [1.29, 1.82) is 0 Å². The summed E-state index contributed by atoms with van der Waals surface area (Å²) in [6.45, 7) is 9.72. The molecule has 3 heterocycles. The molecule has 1 saturated carbocycles. The van der Waals surface area contributed by atoms with Gasteiger partial charge in [-0.3, -0.25) is 4.79 Å². The number of carbonyl (C=O) groups excluding carboxylic acids is 1. The minimum atomic E-state index is -0.114. The summed E-state index contributed by atoms with van der Waals surface area (Å²) in [6.07, 6.45) is 3.12. The summed E-state index contributed by atoms with van der Waals surface area (Å²) >= 11 is 0. The van der Waals surface area contributed by atoms with E-state index in [4.69, 9.17) is 5.10 Å². The Kier molecular flexibility index (Phi) is 3.89. The maximum Gasteiger partial charge on any atom is 0.225 e. The predicted octanol–water partition coefficient (Wildman–Crippen LogP) is 1.87. The van der Waals surface area contributed by atoms with Gasteiger partial charge in [-0.1, -0.05) is 20.8 Å². The Morgan fingerprint density at radius 1 is 1.08 bits per heavy atom. The quantitative estimate of drug-likeness (QED) is 0.833. The van der Waals surface area contributed by atoms with E-state index < -0.39 is 0 Å². The van der Waals surface area contributed by atoms with Crippen LogP contribution in [0.4, 0.5) is 5.82 Å². The Morgan fingerprint density at radius 3 is 2.60 bits per heavy atom. The summed E-state index contributed by atoms with van der Waals surface area (Å²) in [5, 5.41) is 13.3. The molecule has 25 heavy (non-hydrogen) atoms. The number of amides is 1. The van der Waals surface area contributed by atoms with Crippen LogP contribution in [0.1, 0.15) is 45.9 Å². The topological polar surface area (TPSA) is 66.6 Å². The van der Waals surface area contributed by atoms with Gasteiger partial charge in [0.2, 0.25) is 5.91 Å². The Balaban J connectivity index is 1.56. The van der Waals surface area contributed by atoms with Crippen LogP contribution in [0.5, 0.6) is 0 Å². The van der Waals surface area contributed by atoms with Crippen LogP contribution >= 0.6 is 0 Å². The molecule has 1 aliphatic carbocycles. The van der Waals surface area contributed by atoms with Crippen molar-refractivity contribution >= 4 is 17.4 Å². The van der Waals surface area contributed by atoms with Gasteiger partial charge in [-0.05, 0) is 31.4 Å². The Labute approximate surface area is 148 Å². The highest BCUT2D eigenvalue weighted by molar-refractivity contribution is 5.81. The number of carbonyl (C=O) groups is 1. The molecule has 2 aromatic heterocycles. The molecule has 1 aliphatic heterocycles. The number of hydrogen-bond acceptors (Lipinski definition) is 5. The third-order valence-corrected chi connectivity index (χ3v) is 4.98. The lowest BCUT2D eigenvalue weighted by molar-refractivity contribution is -0.132. The van der Waals surface area contributed by atoms with Crippen LogP contribution in [0.15, 0.2) is 12.1 Å². The summed E-state index contributed by atoms with van der Waals surface area (Å²) in [6, 6.07) is 3.98. The Morgan fingerprint density at radius 2 is 1.88 bits per heavy atom. The number of aromatic nitrogens is 4. The van der Waals surface area contributed by atoms with E-state index in [1.54, 1.807) is 0 Å². The standard InChI is InChI=1S/C18H26N6O/c1-18(2,3)17-20-19-14-7-8-15(21-24(14)17)22-9-4-10-23(12-11-22)16(25)13-5-6-13/h7-8,13H,4-6,9-12H2,1-3H3. The predicted molar refractivity (Wildman–Crippen MR) is 95.6 cm³/mol. The molecule has 2 fully saturated rings. The molecule has 0 radical (unpaired) electrons.